The lowest BCUT2D eigenvalue weighted by molar-refractivity contribution is 0.0352. The Hall–Kier alpha value is -1.43. The predicted molar refractivity (Wildman–Crippen MR) is 86.9 cm³/mol. The maximum atomic E-state index is 10.4. The van der Waals surface area contributed by atoms with Gasteiger partial charge in [0.2, 0.25) is 0 Å². The van der Waals surface area contributed by atoms with E-state index < -0.39 is 6.10 Å². The van der Waals surface area contributed by atoms with Crippen LogP contribution in [0.2, 0.25) is 0 Å². The molecule has 1 aliphatic rings. The molecule has 1 saturated heterocycles. The number of aliphatic hydroxyl groups excluding tert-OH is 2. The summed E-state index contributed by atoms with van der Waals surface area (Å²) in [6.07, 6.45) is 2.97. The normalized spacial score (nSPS) is 21.4. The topological polar surface area (TPSA) is 61.5 Å². The highest BCUT2D eigenvalue weighted by atomic mass is 16.3. The van der Waals surface area contributed by atoms with Crippen molar-refractivity contribution in [3.05, 3.63) is 29.6 Å². The SMILES string of the molecule is Cc1cc2ncn(C[C@@H](O)CN3CCC[C@H](O)C3)c2cc1C. The summed E-state index contributed by atoms with van der Waals surface area (Å²) in [5.41, 5.74) is 4.52. The monoisotopic (exact) mass is 303 g/mol. The van der Waals surface area contributed by atoms with Gasteiger partial charge in [-0.1, -0.05) is 0 Å². The molecule has 22 heavy (non-hydrogen) atoms. The Kier molecular flexibility index (Phi) is 4.47. The molecule has 1 aromatic heterocycles. The molecule has 0 radical (unpaired) electrons. The number of nitrogens with zero attached hydrogens (tertiary/aromatic N) is 3. The summed E-state index contributed by atoms with van der Waals surface area (Å²) in [5, 5.41) is 20.1. The summed E-state index contributed by atoms with van der Waals surface area (Å²) >= 11 is 0. The Bertz CT molecular complexity index is 653. The van der Waals surface area contributed by atoms with Gasteiger partial charge in [-0.2, -0.15) is 0 Å². The second-order valence-corrected chi connectivity index (χ2v) is 6.53. The molecule has 1 aromatic carbocycles. The maximum absolute atomic E-state index is 10.4. The van der Waals surface area contributed by atoms with E-state index in [1.54, 1.807) is 6.33 Å². The maximum Gasteiger partial charge on any atom is 0.0959 e. The van der Waals surface area contributed by atoms with Crippen molar-refractivity contribution < 1.29 is 10.2 Å². The number of aryl methyl sites for hydroxylation is 2. The number of likely N-dealkylation sites (tertiary alicyclic amines) is 1. The van der Waals surface area contributed by atoms with Crippen molar-refractivity contribution in [3.8, 4) is 0 Å². The van der Waals surface area contributed by atoms with Gasteiger partial charge in [-0.05, 0) is 56.5 Å². The van der Waals surface area contributed by atoms with Crippen LogP contribution in [0, 0.1) is 13.8 Å². The van der Waals surface area contributed by atoms with Crippen LogP contribution in [0.25, 0.3) is 11.0 Å². The lowest BCUT2D eigenvalue weighted by atomic mass is 10.1. The number of rotatable bonds is 4. The van der Waals surface area contributed by atoms with Crippen LogP contribution in [0.15, 0.2) is 18.5 Å². The molecule has 2 N–H and O–H groups in total. The Morgan fingerprint density at radius 2 is 2.05 bits per heavy atom. The summed E-state index contributed by atoms with van der Waals surface area (Å²) in [7, 11) is 0. The van der Waals surface area contributed by atoms with Crippen LogP contribution in [-0.4, -0.2) is 56.5 Å². The van der Waals surface area contributed by atoms with E-state index >= 15 is 0 Å². The zero-order valence-electron chi connectivity index (χ0n) is 13.4. The van der Waals surface area contributed by atoms with Gasteiger partial charge in [0.1, 0.15) is 0 Å². The van der Waals surface area contributed by atoms with Gasteiger partial charge in [0.25, 0.3) is 0 Å². The number of β-amino-alcohol motifs (C(OH)–C–C–N with tert-alkyl or cyclic N) is 2. The average Bonchev–Trinajstić information content (AvgIpc) is 2.81. The number of imidazole rings is 1. The number of aromatic nitrogens is 2. The van der Waals surface area contributed by atoms with Crippen molar-refractivity contribution in [2.75, 3.05) is 19.6 Å². The molecule has 0 spiro atoms. The lowest BCUT2D eigenvalue weighted by Gasteiger charge is -2.31. The van der Waals surface area contributed by atoms with Gasteiger partial charge in [-0.25, -0.2) is 4.98 Å². The molecule has 3 rings (SSSR count). The summed E-state index contributed by atoms with van der Waals surface area (Å²) in [6.45, 7) is 6.94. The zero-order chi connectivity index (χ0) is 15.7. The highest BCUT2D eigenvalue weighted by Crippen LogP contribution is 2.19. The minimum atomic E-state index is -0.454. The zero-order valence-corrected chi connectivity index (χ0v) is 13.4. The summed E-state index contributed by atoms with van der Waals surface area (Å²) < 4.78 is 2.02. The number of piperidine rings is 1. The van der Waals surface area contributed by atoms with Crippen molar-refractivity contribution in [1.29, 1.82) is 0 Å². The van der Waals surface area contributed by atoms with Crippen LogP contribution in [0.3, 0.4) is 0 Å². The number of aliphatic hydroxyl groups is 2. The Balaban J connectivity index is 1.68. The first kappa shape index (κ1) is 15.5. The van der Waals surface area contributed by atoms with Gasteiger partial charge in [0.15, 0.2) is 0 Å². The molecule has 5 heteroatoms. The van der Waals surface area contributed by atoms with E-state index in [1.165, 1.54) is 11.1 Å². The second-order valence-electron chi connectivity index (χ2n) is 6.53. The van der Waals surface area contributed by atoms with Gasteiger partial charge >= 0.3 is 0 Å². The third-order valence-corrected chi connectivity index (χ3v) is 4.59. The molecule has 2 atom stereocenters. The standard InChI is InChI=1S/C17H25N3O2/c1-12-6-16-17(7-13(12)2)20(11-18-16)10-15(22)9-19-5-3-4-14(21)8-19/h6-7,11,14-15,21-22H,3-5,8-10H2,1-2H3/t14-,15-/m0/s1. The van der Waals surface area contributed by atoms with Crippen molar-refractivity contribution in [2.24, 2.45) is 0 Å². The van der Waals surface area contributed by atoms with Crippen LogP contribution in [-0.2, 0) is 6.54 Å². The van der Waals surface area contributed by atoms with Gasteiger partial charge in [0, 0.05) is 13.1 Å². The molecular formula is C17H25N3O2. The van der Waals surface area contributed by atoms with Crippen LogP contribution in [0.5, 0.6) is 0 Å². The van der Waals surface area contributed by atoms with E-state index in [-0.39, 0.29) is 6.10 Å². The molecule has 120 valence electrons. The largest absolute Gasteiger partial charge is 0.392 e. The number of hydrogen-bond acceptors (Lipinski definition) is 4. The van der Waals surface area contributed by atoms with E-state index in [4.69, 9.17) is 0 Å². The van der Waals surface area contributed by atoms with Gasteiger partial charge in [0.05, 0.1) is 36.1 Å². The molecule has 0 unspecified atom stereocenters. The fraction of sp³-hybridized carbons (Fsp3) is 0.588. The van der Waals surface area contributed by atoms with Crippen LogP contribution < -0.4 is 0 Å². The fourth-order valence-corrected chi connectivity index (χ4v) is 3.24. The molecule has 0 aliphatic carbocycles. The van der Waals surface area contributed by atoms with E-state index in [0.29, 0.717) is 19.6 Å². The summed E-state index contributed by atoms with van der Waals surface area (Å²) in [5.74, 6) is 0. The molecule has 0 amide bonds. The van der Waals surface area contributed by atoms with E-state index in [9.17, 15) is 10.2 Å². The van der Waals surface area contributed by atoms with E-state index in [1.807, 2.05) is 4.57 Å². The first-order valence-corrected chi connectivity index (χ1v) is 8.03. The highest BCUT2D eigenvalue weighted by Gasteiger charge is 2.20. The smallest absolute Gasteiger partial charge is 0.0959 e. The minimum Gasteiger partial charge on any atom is -0.392 e. The fourth-order valence-electron chi connectivity index (χ4n) is 3.24. The number of hydrogen-bond donors (Lipinski definition) is 2. The molecule has 2 aromatic rings. The molecule has 2 heterocycles. The summed E-state index contributed by atoms with van der Waals surface area (Å²) in [4.78, 5) is 6.58. The molecule has 0 bridgehead atoms. The number of fused-ring (bicyclic) bond motifs is 1. The van der Waals surface area contributed by atoms with Gasteiger partial charge in [-0.3, -0.25) is 4.90 Å². The Morgan fingerprint density at radius 3 is 2.82 bits per heavy atom. The third-order valence-electron chi connectivity index (χ3n) is 4.59. The number of benzene rings is 1. The van der Waals surface area contributed by atoms with E-state index in [2.05, 4.69) is 35.9 Å². The minimum absolute atomic E-state index is 0.249. The van der Waals surface area contributed by atoms with Crippen LogP contribution in [0.1, 0.15) is 24.0 Å². The van der Waals surface area contributed by atoms with Crippen molar-refractivity contribution in [3.63, 3.8) is 0 Å². The third kappa shape index (κ3) is 3.32. The van der Waals surface area contributed by atoms with E-state index in [0.717, 1.165) is 30.4 Å². The Labute approximate surface area is 131 Å². The second kappa shape index (κ2) is 6.36. The van der Waals surface area contributed by atoms with Crippen LogP contribution >= 0.6 is 0 Å². The Morgan fingerprint density at radius 1 is 1.27 bits per heavy atom. The quantitative estimate of drug-likeness (QED) is 0.898. The van der Waals surface area contributed by atoms with Crippen molar-refractivity contribution in [2.45, 2.75) is 45.4 Å². The predicted octanol–water partition coefficient (Wildman–Crippen LogP) is 1.47. The molecule has 1 aliphatic heterocycles. The average molecular weight is 303 g/mol. The lowest BCUT2D eigenvalue weighted by Crippen LogP contribution is -2.43. The van der Waals surface area contributed by atoms with Crippen molar-refractivity contribution >= 4 is 11.0 Å². The molecule has 0 saturated carbocycles. The van der Waals surface area contributed by atoms with Crippen molar-refractivity contribution in [1.82, 2.24) is 14.5 Å². The molecule has 5 nitrogen and oxygen atoms in total. The first-order chi connectivity index (χ1) is 10.5. The van der Waals surface area contributed by atoms with Gasteiger partial charge in [-0.15, -0.1) is 0 Å². The summed E-state index contributed by atoms with van der Waals surface area (Å²) in [6, 6.07) is 4.23. The molecule has 1 fully saturated rings. The highest BCUT2D eigenvalue weighted by molar-refractivity contribution is 5.77. The van der Waals surface area contributed by atoms with Crippen LogP contribution in [0.4, 0.5) is 0 Å². The first-order valence-electron chi connectivity index (χ1n) is 8.03. The molecular weight excluding hydrogens is 278 g/mol. The van der Waals surface area contributed by atoms with Gasteiger partial charge < -0.3 is 14.8 Å².